The quantitative estimate of drug-likeness (QED) is 0.240. The third kappa shape index (κ3) is 9.40. The molecular formula is C33H43F3N6O3S. The molecular weight excluding hydrogens is 617 g/mol. The fourth-order valence-electron chi connectivity index (χ4n) is 5.45. The Morgan fingerprint density at radius 2 is 1.67 bits per heavy atom. The zero-order valence-electron chi connectivity index (χ0n) is 27.4. The van der Waals surface area contributed by atoms with Gasteiger partial charge in [-0.25, -0.2) is 19.7 Å². The second-order valence-electron chi connectivity index (χ2n) is 13.5. The highest BCUT2D eigenvalue weighted by Crippen LogP contribution is 2.38. The standard InChI is InChI=1S/C33H43F3N6O3S/c1-20-17-38-28(46-20)23-14-22(27(43)41-21(2)24-18-39-29(40-19-24)33(34,35)36)15-26(16-23)37-11-10-32(6,7)25-8-12-42(13-9-25)30(44)45-31(3,4)5/h14-19,21,25,37H,8-13H2,1-7H3,(H,41,43)/t21-/m1/s1. The number of alkyl halides is 3. The molecule has 13 heteroatoms. The normalized spacial score (nSPS) is 15.4. The number of halogens is 3. The van der Waals surface area contributed by atoms with Crippen molar-refractivity contribution >= 4 is 29.0 Å². The minimum atomic E-state index is -4.64. The maximum atomic E-state index is 13.4. The van der Waals surface area contributed by atoms with E-state index >= 15 is 0 Å². The lowest BCUT2D eigenvalue weighted by Gasteiger charge is -2.41. The molecule has 1 aliphatic rings. The summed E-state index contributed by atoms with van der Waals surface area (Å²) in [5, 5.41) is 7.12. The molecule has 4 rings (SSSR count). The molecule has 0 saturated carbocycles. The lowest BCUT2D eigenvalue weighted by molar-refractivity contribution is -0.145. The number of rotatable bonds is 9. The molecule has 0 bridgehead atoms. The van der Waals surface area contributed by atoms with Crippen molar-refractivity contribution in [3.05, 3.63) is 58.6 Å². The minimum Gasteiger partial charge on any atom is -0.444 e. The number of aryl methyl sites for hydroxylation is 1. The number of carbonyl (C=O) groups is 2. The topological polar surface area (TPSA) is 109 Å². The number of nitrogens with zero attached hydrogens (tertiary/aromatic N) is 4. The first-order valence-electron chi connectivity index (χ1n) is 15.4. The second-order valence-corrected chi connectivity index (χ2v) is 14.7. The highest BCUT2D eigenvalue weighted by molar-refractivity contribution is 7.14. The maximum absolute atomic E-state index is 13.4. The Morgan fingerprint density at radius 3 is 2.24 bits per heavy atom. The van der Waals surface area contributed by atoms with Crippen LogP contribution in [0.5, 0.6) is 0 Å². The number of amides is 2. The summed E-state index contributed by atoms with van der Waals surface area (Å²) in [6.07, 6.45) is 1.70. The van der Waals surface area contributed by atoms with Crippen molar-refractivity contribution < 1.29 is 27.5 Å². The Balaban J connectivity index is 1.42. The average Bonchev–Trinajstić information content (AvgIpc) is 3.42. The Morgan fingerprint density at radius 1 is 1.02 bits per heavy atom. The van der Waals surface area contributed by atoms with Gasteiger partial charge < -0.3 is 20.3 Å². The summed E-state index contributed by atoms with van der Waals surface area (Å²) in [6, 6.07) is 4.87. The summed E-state index contributed by atoms with van der Waals surface area (Å²) in [4.78, 5) is 40.0. The highest BCUT2D eigenvalue weighted by Gasteiger charge is 2.35. The van der Waals surface area contributed by atoms with Crippen LogP contribution in [0, 0.1) is 18.3 Å². The Bertz CT molecular complexity index is 1510. The Labute approximate surface area is 272 Å². The molecule has 0 radical (unpaired) electrons. The van der Waals surface area contributed by atoms with Crippen LogP contribution in [0.2, 0.25) is 0 Å². The van der Waals surface area contributed by atoms with Crippen molar-refractivity contribution in [2.45, 2.75) is 85.5 Å². The van der Waals surface area contributed by atoms with Gasteiger partial charge in [-0.05, 0) is 83.4 Å². The summed E-state index contributed by atoms with van der Waals surface area (Å²) in [5.74, 6) is -1.18. The molecule has 3 aromatic rings. The van der Waals surface area contributed by atoms with E-state index in [-0.39, 0.29) is 17.4 Å². The number of benzene rings is 1. The van der Waals surface area contributed by atoms with Crippen LogP contribution in [-0.2, 0) is 10.9 Å². The predicted molar refractivity (Wildman–Crippen MR) is 173 cm³/mol. The van der Waals surface area contributed by atoms with Gasteiger partial charge in [0.05, 0.1) is 6.04 Å². The van der Waals surface area contributed by atoms with Crippen LogP contribution in [0.15, 0.2) is 36.8 Å². The lowest BCUT2D eigenvalue weighted by atomic mass is 9.71. The number of aromatic nitrogens is 3. The molecule has 2 aromatic heterocycles. The summed E-state index contributed by atoms with van der Waals surface area (Å²) in [6.45, 7) is 15.7. The van der Waals surface area contributed by atoms with E-state index in [1.54, 1.807) is 30.2 Å². The first kappa shape index (κ1) is 35.1. The summed E-state index contributed by atoms with van der Waals surface area (Å²) >= 11 is 1.52. The van der Waals surface area contributed by atoms with E-state index in [9.17, 15) is 22.8 Å². The number of ether oxygens (including phenoxy) is 1. The number of anilines is 1. The number of piperidine rings is 1. The third-order valence-corrected chi connectivity index (χ3v) is 9.15. The second kappa shape index (κ2) is 13.9. The fraction of sp³-hybridized carbons (Fsp3) is 0.545. The van der Waals surface area contributed by atoms with E-state index in [1.165, 1.54) is 11.3 Å². The number of hydrogen-bond donors (Lipinski definition) is 2. The lowest BCUT2D eigenvalue weighted by Crippen LogP contribution is -2.44. The average molecular weight is 661 g/mol. The van der Waals surface area contributed by atoms with Crippen molar-refractivity contribution in [3.8, 4) is 10.6 Å². The van der Waals surface area contributed by atoms with Gasteiger partial charge in [0, 0.05) is 65.5 Å². The SMILES string of the molecule is Cc1cnc(-c2cc(NCCC(C)(C)C3CCN(C(=O)OC(C)(C)C)CC3)cc(C(=O)N[C@H](C)c3cnc(C(F)(F)F)nc3)c2)s1. The molecule has 1 fully saturated rings. The van der Waals surface area contributed by atoms with E-state index in [2.05, 4.69) is 39.4 Å². The van der Waals surface area contributed by atoms with Gasteiger partial charge in [-0.2, -0.15) is 13.2 Å². The monoisotopic (exact) mass is 660 g/mol. The van der Waals surface area contributed by atoms with Gasteiger partial charge >= 0.3 is 12.3 Å². The van der Waals surface area contributed by atoms with Gasteiger partial charge in [-0.1, -0.05) is 13.8 Å². The van der Waals surface area contributed by atoms with Crippen LogP contribution < -0.4 is 10.6 Å². The van der Waals surface area contributed by atoms with E-state index in [4.69, 9.17) is 4.74 Å². The van der Waals surface area contributed by atoms with Crippen molar-refractivity contribution in [3.63, 3.8) is 0 Å². The first-order valence-corrected chi connectivity index (χ1v) is 16.2. The Kier molecular flexibility index (Phi) is 10.6. The first-order chi connectivity index (χ1) is 21.4. The van der Waals surface area contributed by atoms with E-state index in [0.29, 0.717) is 36.7 Å². The van der Waals surface area contributed by atoms with Crippen molar-refractivity contribution in [2.24, 2.45) is 11.3 Å². The van der Waals surface area contributed by atoms with Gasteiger partial charge in [-0.3, -0.25) is 4.79 Å². The zero-order chi connectivity index (χ0) is 33.9. The number of likely N-dealkylation sites (tertiary alicyclic amines) is 1. The summed E-state index contributed by atoms with van der Waals surface area (Å²) in [5.41, 5.74) is 1.78. The highest BCUT2D eigenvalue weighted by atomic mass is 32.1. The molecule has 1 saturated heterocycles. The number of hydrogen-bond acceptors (Lipinski definition) is 8. The van der Waals surface area contributed by atoms with Gasteiger partial charge in [0.15, 0.2) is 0 Å². The van der Waals surface area contributed by atoms with Crippen LogP contribution in [0.1, 0.15) is 93.5 Å². The molecule has 3 heterocycles. The van der Waals surface area contributed by atoms with Crippen molar-refractivity contribution in [1.29, 1.82) is 0 Å². The predicted octanol–water partition coefficient (Wildman–Crippen LogP) is 7.89. The van der Waals surface area contributed by atoms with Crippen LogP contribution in [0.4, 0.5) is 23.7 Å². The van der Waals surface area contributed by atoms with Crippen molar-refractivity contribution in [1.82, 2.24) is 25.2 Å². The molecule has 1 aromatic carbocycles. The smallest absolute Gasteiger partial charge is 0.444 e. The molecule has 0 spiro atoms. The van der Waals surface area contributed by atoms with Gasteiger partial charge in [0.2, 0.25) is 5.82 Å². The molecule has 250 valence electrons. The third-order valence-electron chi connectivity index (χ3n) is 8.19. The number of nitrogens with one attached hydrogen (secondary N) is 2. The summed E-state index contributed by atoms with van der Waals surface area (Å²) in [7, 11) is 0. The fourth-order valence-corrected chi connectivity index (χ4v) is 6.20. The van der Waals surface area contributed by atoms with Crippen molar-refractivity contribution in [2.75, 3.05) is 25.0 Å². The van der Waals surface area contributed by atoms with Crippen LogP contribution in [-0.4, -0.2) is 57.1 Å². The molecule has 0 aliphatic carbocycles. The number of carbonyl (C=O) groups excluding carboxylic acids is 2. The molecule has 2 amide bonds. The number of thiazole rings is 1. The molecule has 2 N–H and O–H groups in total. The van der Waals surface area contributed by atoms with E-state index < -0.39 is 23.6 Å². The summed E-state index contributed by atoms with van der Waals surface area (Å²) < 4.78 is 44.2. The van der Waals surface area contributed by atoms with Gasteiger partial charge in [0.25, 0.3) is 5.91 Å². The maximum Gasteiger partial charge on any atom is 0.451 e. The molecule has 0 unspecified atom stereocenters. The van der Waals surface area contributed by atoms with Gasteiger partial charge in [0.1, 0.15) is 10.6 Å². The largest absolute Gasteiger partial charge is 0.451 e. The van der Waals surface area contributed by atoms with Crippen LogP contribution >= 0.6 is 11.3 Å². The Hall–Kier alpha value is -3.74. The molecule has 9 nitrogen and oxygen atoms in total. The van der Waals surface area contributed by atoms with Crippen LogP contribution in [0.25, 0.3) is 10.6 Å². The molecule has 46 heavy (non-hydrogen) atoms. The van der Waals surface area contributed by atoms with Gasteiger partial charge in [-0.15, -0.1) is 11.3 Å². The van der Waals surface area contributed by atoms with Crippen LogP contribution in [0.3, 0.4) is 0 Å². The molecule has 1 aliphatic heterocycles. The molecule has 1 atom stereocenters. The zero-order valence-corrected chi connectivity index (χ0v) is 28.2. The van der Waals surface area contributed by atoms with E-state index in [1.807, 2.05) is 33.8 Å². The van der Waals surface area contributed by atoms with E-state index in [0.717, 1.165) is 52.8 Å². The minimum absolute atomic E-state index is 0.0103.